The second kappa shape index (κ2) is 14.9. The molecule has 2 atom stereocenters. The number of carbonyl (C=O) groups excluding carboxylic acids is 2. The summed E-state index contributed by atoms with van der Waals surface area (Å²) in [6.07, 6.45) is 1.05. The van der Waals surface area contributed by atoms with Gasteiger partial charge in [0.1, 0.15) is 18.3 Å². The van der Waals surface area contributed by atoms with Gasteiger partial charge in [-0.2, -0.15) is 0 Å². The number of sulfonamides is 1. The Morgan fingerprint density at radius 2 is 1.54 bits per heavy atom. The Kier molecular flexibility index (Phi) is 11.6. The molecular weight excluding hydrogens is 562 g/mol. The van der Waals surface area contributed by atoms with E-state index < -0.39 is 28.5 Å². The number of nitrogens with one attached hydrogen (secondary N) is 1. The molecule has 0 aromatic heterocycles. The topological polar surface area (TPSA) is 96.0 Å². The van der Waals surface area contributed by atoms with Gasteiger partial charge in [-0.25, -0.2) is 8.42 Å². The van der Waals surface area contributed by atoms with Crippen molar-refractivity contribution in [1.82, 2.24) is 10.2 Å². The lowest BCUT2D eigenvalue weighted by molar-refractivity contribution is -0.140. The Bertz CT molecular complexity index is 1400. The fourth-order valence-corrected chi connectivity index (χ4v) is 5.91. The van der Waals surface area contributed by atoms with E-state index in [1.165, 1.54) is 17.0 Å². The highest BCUT2D eigenvalue weighted by Gasteiger charge is 2.34. The second-order valence-corrected chi connectivity index (χ2v) is 11.9. The van der Waals surface area contributed by atoms with Gasteiger partial charge in [0.15, 0.2) is 0 Å². The lowest BCUT2D eigenvalue weighted by Gasteiger charge is -2.34. The third kappa shape index (κ3) is 8.24. The van der Waals surface area contributed by atoms with Crippen LogP contribution in [0.15, 0.2) is 83.8 Å². The van der Waals surface area contributed by atoms with E-state index in [-0.39, 0.29) is 23.4 Å². The SMILES string of the molecule is CCOc1ccc(S(=O)(=O)N(CC(=O)N(Cc2ccccc2Cl)[C@H](CC)C(=O)N[C@@H](C)CC)c2ccccc2)cc1. The van der Waals surface area contributed by atoms with Gasteiger partial charge in [0, 0.05) is 17.6 Å². The number of anilines is 1. The molecule has 0 saturated heterocycles. The van der Waals surface area contributed by atoms with Crippen LogP contribution in [0.5, 0.6) is 5.75 Å². The van der Waals surface area contributed by atoms with Gasteiger partial charge in [0.25, 0.3) is 10.0 Å². The number of amides is 2. The van der Waals surface area contributed by atoms with Crippen LogP contribution in [0, 0.1) is 0 Å². The van der Waals surface area contributed by atoms with E-state index in [1.807, 2.05) is 27.7 Å². The van der Waals surface area contributed by atoms with Gasteiger partial charge < -0.3 is 15.0 Å². The van der Waals surface area contributed by atoms with Crippen LogP contribution in [-0.2, 0) is 26.2 Å². The second-order valence-electron chi connectivity index (χ2n) is 9.61. The van der Waals surface area contributed by atoms with Crippen molar-refractivity contribution in [3.63, 3.8) is 0 Å². The van der Waals surface area contributed by atoms with Crippen LogP contribution in [0.1, 0.15) is 46.1 Å². The van der Waals surface area contributed by atoms with E-state index in [4.69, 9.17) is 16.3 Å². The molecule has 2 amide bonds. The molecule has 10 heteroatoms. The monoisotopic (exact) mass is 599 g/mol. The molecule has 8 nitrogen and oxygen atoms in total. The molecular formula is C31H38ClN3O5S. The smallest absolute Gasteiger partial charge is 0.264 e. The van der Waals surface area contributed by atoms with Crippen LogP contribution < -0.4 is 14.4 Å². The number of ether oxygens (including phenoxy) is 1. The zero-order valence-corrected chi connectivity index (χ0v) is 25.5. The first-order valence-electron chi connectivity index (χ1n) is 13.8. The predicted octanol–water partition coefficient (Wildman–Crippen LogP) is 5.66. The van der Waals surface area contributed by atoms with E-state index in [0.717, 1.165) is 10.7 Å². The summed E-state index contributed by atoms with van der Waals surface area (Å²) in [5.41, 5.74) is 0.975. The third-order valence-electron chi connectivity index (χ3n) is 6.73. The molecule has 0 aliphatic carbocycles. The lowest BCUT2D eigenvalue weighted by atomic mass is 10.1. The van der Waals surface area contributed by atoms with Crippen LogP contribution in [0.3, 0.4) is 0 Å². The summed E-state index contributed by atoms with van der Waals surface area (Å²) in [6, 6.07) is 20.7. The minimum Gasteiger partial charge on any atom is -0.494 e. The number of carbonyl (C=O) groups is 2. The van der Waals surface area contributed by atoms with Crippen molar-refractivity contribution in [2.45, 2.75) is 64.1 Å². The summed E-state index contributed by atoms with van der Waals surface area (Å²) in [5, 5.41) is 3.41. The Morgan fingerprint density at radius 3 is 2.12 bits per heavy atom. The van der Waals surface area contributed by atoms with Crippen molar-refractivity contribution >= 4 is 39.1 Å². The highest BCUT2D eigenvalue weighted by Crippen LogP contribution is 2.27. The molecule has 0 aliphatic rings. The maximum atomic E-state index is 14.1. The number of halogens is 1. The molecule has 0 radical (unpaired) electrons. The van der Waals surface area contributed by atoms with Crippen LogP contribution in [0.25, 0.3) is 0 Å². The molecule has 0 heterocycles. The van der Waals surface area contributed by atoms with Crippen LogP contribution in [-0.4, -0.2) is 50.4 Å². The van der Waals surface area contributed by atoms with E-state index in [1.54, 1.807) is 66.7 Å². The normalized spacial score (nSPS) is 12.7. The van der Waals surface area contributed by atoms with E-state index in [0.29, 0.717) is 35.1 Å². The minimum atomic E-state index is -4.17. The predicted molar refractivity (Wildman–Crippen MR) is 163 cm³/mol. The number of rotatable bonds is 14. The maximum absolute atomic E-state index is 14.1. The summed E-state index contributed by atoms with van der Waals surface area (Å²) in [5.74, 6) is -0.296. The summed E-state index contributed by atoms with van der Waals surface area (Å²) in [4.78, 5) is 28.9. The van der Waals surface area contributed by atoms with Gasteiger partial charge in [-0.1, -0.05) is 61.8 Å². The van der Waals surface area contributed by atoms with Gasteiger partial charge in [-0.15, -0.1) is 0 Å². The average molecular weight is 600 g/mol. The Balaban J connectivity index is 2.03. The van der Waals surface area contributed by atoms with Crippen molar-refractivity contribution in [2.75, 3.05) is 17.5 Å². The van der Waals surface area contributed by atoms with Crippen LogP contribution in [0.2, 0.25) is 5.02 Å². The first kappa shape index (κ1) is 32.0. The molecule has 0 spiro atoms. The van der Waals surface area contributed by atoms with Gasteiger partial charge in [0.05, 0.1) is 17.2 Å². The average Bonchev–Trinajstić information content (AvgIpc) is 2.97. The van der Waals surface area contributed by atoms with Gasteiger partial charge in [0.2, 0.25) is 11.8 Å². The molecule has 0 aliphatic heterocycles. The molecule has 41 heavy (non-hydrogen) atoms. The van der Waals surface area contributed by atoms with Crippen LogP contribution >= 0.6 is 11.6 Å². The first-order chi connectivity index (χ1) is 19.6. The number of para-hydroxylation sites is 1. The molecule has 0 bridgehead atoms. The summed E-state index contributed by atoms with van der Waals surface area (Å²) in [7, 11) is -4.17. The van der Waals surface area contributed by atoms with Crippen molar-refractivity contribution in [2.24, 2.45) is 0 Å². The number of hydrogen-bond donors (Lipinski definition) is 1. The summed E-state index contributed by atoms with van der Waals surface area (Å²) >= 11 is 6.44. The Morgan fingerprint density at radius 1 is 0.902 bits per heavy atom. The zero-order valence-electron chi connectivity index (χ0n) is 23.9. The van der Waals surface area contributed by atoms with E-state index >= 15 is 0 Å². The maximum Gasteiger partial charge on any atom is 0.264 e. The van der Waals surface area contributed by atoms with Crippen molar-refractivity contribution < 1.29 is 22.7 Å². The van der Waals surface area contributed by atoms with Crippen molar-refractivity contribution in [3.8, 4) is 5.75 Å². The Labute approximate surface area is 248 Å². The molecule has 3 rings (SSSR count). The number of nitrogens with zero attached hydrogens (tertiary/aromatic N) is 2. The molecule has 220 valence electrons. The Hall–Kier alpha value is -3.56. The highest BCUT2D eigenvalue weighted by atomic mass is 35.5. The molecule has 3 aromatic carbocycles. The quantitative estimate of drug-likeness (QED) is 0.258. The van der Waals surface area contributed by atoms with Gasteiger partial charge >= 0.3 is 0 Å². The number of benzene rings is 3. The molecule has 0 fully saturated rings. The summed E-state index contributed by atoms with van der Waals surface area (Å²) < 4.78 is 34.4. The zero-order chi connectivity index (χ0) is 30.0. The summed E-state index contributed by atoms with van der Waals surface area (Å²) in [6.45, 7) is 7.48. The molecule has 1 N–H and O–H groups in total. The first-order valence-corrected chi connectivity index (χ1v) is 15.6. The van der Waals surface area contributed by atoms with E-state index in [2.05, 4.69) is 5.32 Å². The largest absolute Gasteiger partial charge is 0.494 e. The molecule has 0 unspecified atom stereocenters. The molecule has 3 aromatic rings. The van der Waals surface area contributed by atoms with E-state index in [9.17, 15) is 18.0 Å². The highest BCUT2D eigenvalue weighted by molar-refractivity contribution is 7.92. The van der Waals surface area contributed by atoms with Crippen LogP contribution in [0.4, 0.5) is 5.69 Å². The van der Waals surface area contributed by atoms with Crippen molar-refractivity contribution in [3.05, 3.63) is 89.4 Å². The fourth-order valence-electron chi connectivity index (χ4n) is 4.30. The lowest BCUT2D eigenvalue weighted by Crippen LogP contribution is -2.53. The minimum absolute atomic E-state index is 0.0109. The van der Waals surface area contributed by atoms with Gasteiger partial charge in [-0.05, 0) is 74.7 Å². The molecule has 0 saturated carbocycles. The fraction of sp³-hybridized carbons (Fsp3) is 0.355. The number of hydrogen-bond acceptors (Lipinski definition) is 5. The van der Waals surface area contributed by atoms with Crippen molar-refractivity contribution in [1.29, 1.82) is 0 Å². The third-order valence-corrected chi connectivity index (χ3v) is 8.89. The van der Waals surface area contributed by atoms with Gasteiger partial charge in [-0.3, -0.25) is 13.9 Å². The standard InChI is InChI=1S/C31H38ClN3O5S/c1-5-23(4)33-31(37)29(6-2)34(21-24-13-11-12-16-28(24)32)30(36)22-35(25-14-9-8-10-15-25)41(38,39)27-19-17-26(18-20-27)40-7-3/h8-20,23,29H,5-7,21-22H2,1-4H3,(H,33,37)/t23-,29+/m0/s1.